The zero-order valence-electron chi connectivity index (χ0n) is 16.9. The van der Waals surface area contributed by atoms with Gasteiger partial charge in [0.25, 0.3) is 0 Å². The molecule has 0 amide bonds. The molecule has 1 heterocycles. The molecule has 0 unspecified atom stereocenters. The van der Waals surface area contributed by atoms with E-state index in [2.05, 4.69) is 64.1 Å². The highest BCUT2D eigenvalue weighted by Crippen LogP contribution is 2.47. The number of hydrogen-bond donors (Lipinski definition) is 0. The summed E-state index contributed by atoms with van der Waals surface area (Å²) < 4.78 is 6.10. The standard InChI is InChI=1S/C26H25ClO/c1-25(2)11-12-26(3,4)20-13-16(9-10-19(20)25)17-14-21(27)24-18-7-5-6-8-22(18)28-23(24)15-17/h5-10,13-15H,11-12H2,1-4H3. The van der Waals surface area contributed by atoms with Gasteiger partial charge in [0.1, 0.15) is 11.2 Å². The number of hydrogen-bond acceptors (Lipinski definition) is 1. The number of rotatable bonds is 1. The minimum atomic E-state index is 0.189. The quantitative estimate of drug-likeness (QED) is 0.320. The molecule has 3 aromatic carbocycles. The molecular formula is C26H25ClO. The topological polar surface area (TPSA) is 13.1 Å². The molecule has 0 aliphatic heterocycles. The van der Waals surface area contributed by atoms with Crippen LogP contribution in [0.15, 0.2) is 59.0 Å². The maximum absolute atomic E-state index is 6.72. The van der Waals surface area contributed by atoms with Crippen molar-refractivity contribution in [2.45, 2.75) is 51.4 Å². The van der Waals surface area contributed by atoms with E-state index >= 15 is 0 Å². The summed E-state index contributed by atoms with van der Waals surface area (Å²) in [5.74, 6) is 0. The predicted octanol–water partition coefficient (Wildman–Crippen LogP) is 8.26. The summed E-state index contributed by atoms with van der Waals surface area (Å²) >= 11 is 6.72. The third kappa shape index (κ3) is 2.60. The molecule has 0 fully saturated rings. The van der Waals surface area contributed by atoms with E-state index in [0.29, 0.717) is 0 Å². The van der Waals surface area contributed by atoms with Crippen LogP contribution in [0.1, 0.15) is 51.7 Å². The van der Waals surface area contributed by atoms with Gasteiger partial charge < -0.3 is 4.42 Å². The fourth-order valence-corrected chi connectivity index (χ4v) is 5.05. The fourth-order valence-electron chi connectivity index (χ4n) is 4.74. The zero-order valence-corrected chi connectivity index (χ0v) is 17.7. The first-order valence-corrected chi connectivity index (χ1v) is 10.4. The summed E-state index contributed by atoms with van der Waals surface area (Å²) in [5.41, 5.74) is 7.39. The molecule has 0 spiro atoms. The Morgan fingerprint density at radius 2 is 1.46 bits per heavy atom. The lowest BCUT2D eigenvalue weighted by molar-refractivity contribution is 0.332. The van der Waals surface area contributed by atoms with Crippen LogP contribution in [0.3, 0.4) is 0 Å². The van der Waals surface area contributed by atoms with Crippen molar-refractivity contribution in [2.24, 2.45) is 0 Å². The van der Waals surface area contributed by atoms with E-state index in [4.69, 9.17) is 16.0 Å². The molecule has 4 aromatic rings. The van der Waals surface area contributed by atoms with Crippen molar-refractivity contribution in [3.8, 4) is 11.1 Å². The average Bonchev–Trinajstić information content (AvgIpc) is 3.04. The van der Waals surface area contributed by atoms with Gasteiger partial charge in [-0.1, -0.05) is 75.7 Å². The van der Waals surface area contributed by atoms with Gasteiger partial charge in [0.15, 0.2) is 0 Å². The second kappa shape index (κ2) is 5.87. The van der Waals surface area contributed by atoms with E-state index in [1.165, 1.54) is 29.5 Å². The SMILES string of the molecule is CC1(C)CCC(C)(C)c2cc(-c3cc(Cl)c4c(c3)oc3ccccc34)ccc21. The molecule has 1 aliphatic carbocycles. The molecule has 1 nitrogen and oxygen atoms in total. The molecule has 5 rings (SSSR count). The van der Waals surface area contributed by atoms with Gasteiger partial charge in [0.2, 0.25) is 0 Å². The summed E-state index contributed by atoms with van der Waals surface area (Å²) in [6.07, 6.45) is 2.43. The second-order valence-corrected chi connectivity index (χ2v) is 9.86. The first kappa shape index (κ1) is 17.8. The summed E-state index contributed by atoms with van der Waals surface area (Å²) in [6, 6.07) is 19.2. The minimum Gasteiger partial charge on any atom is -0.456 e. The molecule has 0 atom stereocenters. The van der Waals surface area contributed by atoms with Crippen molar-refractivity contribution >= 4 is 33.5 Å². The van der Waals surface area contributed by atoms with Crippen molar-refractivity contribution in [1.29, 1.82) is 0 Å². The third-order valence-electron chi connectivity index (χ3n) is 6.62. The lowest BCUT2D eigenvalue weighted by atomic mass is 9.63. The van der Waals surface area contributed by atoms with E-state index in [1.54, 1.807) is 0 Å². The highest BCUT2D eigenvalue weighted by molar-refractivity contribution is 6.38. The molecular weight excluding hydrogens is 364 g/mol. The van der Waals surface area contributed by atoms with Gasteiger partial charge >= 0.3 is 0 Å². The van der Waals surface area contributed by atoms with Crippen LogP contribution in [-0.4, -0.2) is 0 Å². The normalized spacial score (nSPS) is 17.8. The number of para-hydroxylation sites is 1. The van der Waals surface area contributed by atoms with E-state index in [9.17, 15) is 0 Å². The largest absolute Gasteiger partial charge is 0.456 e. The van der Waals surface area contributed by atoms with Gasteiger partial charge in [0, 0.05) is 10.8 Å². The van der Waals surface area contributed by atoms with Gasteiger partial charge in [-0.2, -0.15) is 0 Å². The lowest BCUT2D eigenvalue weighted by Crippen LogP contribution is -2.33. The Hall–Kier alpha value is -2.25. The average molecular weight is 389 g/mol. The van der Waals surface area contributed by atoms with Gasteiger partial charge in [0.05, 0.1) is 5.02 Å². The van der Waals surface area contributed by atoms with Crippen molar-refractivity contribution in [3.63, 3.8) is 0 Å². The monoisotopic (exact) mass is 388 g/mol. The molecule has 142 valence electrons. The Labute approximate surface area is 171 Å². The molecule has 0 saturated heterocycles. The van der Waals surface area contributed by atoms with Crippen LogP contribution in [-0.2, 0) is 10.8 Å². The Morgan fingerprint density at radius 1 is 0.750 bits per heavy atom. The van der Waals surface area contributed by atoms with Gasteiger partial charge in [-0.15, -0.1) is 0 Å². The van der Waals surface area contributed by atoms with Gasteiger partial charge in [-0.05, 0) is 64.1 Å². The lowest BCUT2D eigenvalue weighted by Gasteiger charge is -2.42. The third-order valence-corrected chi connectivity index (χ3v) is 6.91. The van der Waals surface area contributed by atoms with Crippen LogP contribution in [0.2, 0.25) is 5.02 Å². The van der Waals surface area contributed by atoms with E-state index in [-0.39, 0.29) is 10.8 Å². The molecule has 2 heteroatoms. The maximum Gasteiger partial charge on any atom is 0.137 e. The van der Waals surface area contributed by atoms with Crippen molar-refractivity contribution < 1.29 is 4.42 Å². The molecule has 0 bridgehead atoms. The summed E-state index contributed by atoms with van der Waals surface area (Å²) in [7, 11) is 0. The van der Waals surface area contributed by atoms with Gasteiger partial charge in [-0.25, -0.2) is 0 Å². The highest BCUT2D eigenvalue weighted by atomic mass is 35.5. The first-order valence-electron chi connectivity index (χ1n) is 10.0. The Bertz CT molecular complexity index is 1230. The number of furan rings is 1. The molecule has 1 aromatic heterocycles. The van der Waals surface area contributed by atoms with Crippen LogP contribution in [0, 0.1) is 0 Å². The summed E-state index contributed by atoms with van der Waals surface area (Å²) in [4.78, 5) is 0. The fraction of sp³-hybridized carbons (Fsp3) is 0.308. The van der Waals surface area contributed by atoms with E-state index in [1.807, 2.05) is 18.2 Å². The molecule has 0 radical (unpaired) electrons. The summed E-state index contributed by atoms with van der Waals surface area (Å²) in [5, 5.41) is 2.82. The molecule has 28 heavy (non-hydrogen) atoms. The predicted molar refractivity (Wildman–Crippen MR) is 119 cm³/mol. The van der Waals surface area contributed by atoms with Crippen molar-refractivity contribution in [3.05, 3.63) is 70.7 Å². The minimum absolute atomic E-state index is 0.189. The highest BCUT2D eigenvalue weighted by Gasteiger charge is 2.37. The molecule has 0 N–H and O–H groups in total. The smallest absolute Gasteiger partial charge is 0.137 e. The Balaban J connectivity index is 1.72. The van der Waals surface area contributed by atoms with Crippen LogP contribution in [0.5, 0.6) is 0 Å². The number of fused-ring (bicyclic) bond motifs is 4. The van der Waals surface area contributed by atoms with Crippen molar-refractivity contribution in [2.75, 3.05) is 0 Å². The molecule has 1 aliphatic rings. The van der Waals surface area contributed by atoms with Gasteiger partial charge in [-0.3, -0.25) is 0 Å². The number of benzene rings is 3. The zero-order chi connectivity index (χ0) is 19.7. The Morgan fingerprint density at radius 3 is 2.25 bits per heavy atom. The van der Waals surface area contributed by atoms with Crippen molar-refractivity contribution in [1.82, 2.24) is 0 Å². The maximum atomic E-state index is 6.72. The summed E-state index contributed by atoms with van der Waals surface area (Å²) in [6.45, 7) is 9.44. The second-order valence-electron chi connectivity index (χ2n) is 9.46. The van der Waals surface area contributed by atoms with Crippen LogP contribution >= 0.6 is 11.6 Å². The van der Waals surface area contributed by atoms with Crippen LogP contribution < -0.4 is 0 Å². The van der Waals surface area contributed by atoms with Crippen LogP contribution in [0.4, 0.5) is 0 Å². The Kier molecular flexibility index (Phi) is 3.74. The first-order chi connectivity index (χ1) is 13.3. The van der Waals surface area contributed by atoms with E-state index < -0.39 is 0 Å². The molecule has 0 saturated carbocycles. The number of halogens is 1. The van der Waals surface area contributed by atoms with E-state index in [0.717, 1.165) is 32.5 Å². The van der Waals surface area contributed by atoms with Crippen LogP contribution in [0.25, 0.3) is 33.1 Å².